The van der Waals surface area contributed by atoms with Crippen molar-refractivity contribution in [3.63, 3.8) is 0 Å². The summed E-state index contributed by atoms with van der Waals surface area (Å²) in [5.41, 5.74) is 0.481. The molecule has 0 saturated heterocycles. The van der Waals surface area contributed by atoms with Crippen molar-refractivity contribution in [2.45, 2.75) is 6.54 Å². The molecule has 5 nitrogen and oxygen atoms in total. The Morgan fingerprint density at radius 2 is 2.43 bits per heavy atom. The fourth-order valence-corrected chi connectivity index (χ4v) is 1.11. The van der Waals surface area contributed by atoms with E-state index in [2.05, 4.69) is 0 Å². The number of hydrogen-bond donors (Lipinski definition) is 1. The Kier molecular flexibility index (Phi) is 3.14. The summed E-state index contributed by atoms with van der Waals surface area (Å²) in [6.07, 6.45) is 1.44. The van der Waals surface area contributed by atoms with E-state index in [0.717, 1.165) is 4.90 Å². The van der Waals surface area contributed by atoms with Gasteiger partial charge >= 0.3 is 6.09 Å². The summed E-state index contributed by atoms with van der Waals surface area (Å²) in [5.74, 6) is 0. The van der Waals surface area contributed by atoms with E-state index >= 15 is 0 Å². The highest BCUT2D eigenvalue weighted by atomic mass is 35.5. The van der Waals surface area contributed by atoms with E-state index in [9.17, 15) is 10.0 Å². The maximum Gasteiger partial charge on any atom is 0.407 e. The van der Waals surface area contributed by atoms with Crippen LogP contribution in [0.4, 0.5) is 4.79 Å². The summed E-state index contributed by atoms with van der Waals surface area (Å²) in [4.78, 5) is 11.5. The van der Waals surface area contributed by atoms with Gasteiger partial charge in [0.2, 0.25) is 0 Å². The normalized spacial score (nSPS) is 9.86. The second-order valence-corrected chi connectivity index (χ2v) is 3.22. The Bertz CT molecular complexity index is 356. The van der Waals surface area contributed by atoms with Crippen LogP contribution in [-0.4, -0.2) is 23.1 Å². The number of halogens is 1. The Morgan fingerprint density at radius 3 is 3.00 bits per heavy atom. The van der Waals surface area contributed by atoms with Gasteiger partial charge < -0.3 is 15.2 Å². The number of carboxylic acid groups (broad SMARTS) is 1. The van der Waals surface area contributed by atoms with E-state index < -0.39 is 6.09 Å². The van der Waals surface area contributed by atoms with Gasteiger partial charge in [-0.15, -0.1) is 0 Å². The van der Waals surface area contributed by atoms with Crippen LogP contribution in [0, 0.1) is 5.21 Å². The molecule has 0 radical (unpaired) electrons. The van der Waals surface area contributed by atoms with Gasteiger partial charge in [-0.05, 0) is 0 Å². The Hall–Kier alpha value is -1.49. The van der Waals surface area contributed by atoms with E-state index in [1.54, 1.807) is 0 Å². The third kappa shape index (κ3) is 2.50. The first kappa shape index (κ1) is 10.6. The predicted molar refractivity (Wildman–Crippen MR) is 49.9 cm³/mol. The molecule has 1 aromatic heterocycles. The zero-order chi connectivity index (χ0) is 10.7. The first-order chi connectivity index (χ1) is 6.50. The van der Waals surface area contributed by atoms with Crippen LogP contribution in [0.2, 0.25) is 5.02 Å². The molecule has 14 heavy (non-hydrogen) atoms. The Balaban J connectivity index is 2.85. The summed E-state index contributed by atoms with van der Waals surface area (Å²) >= 11 is 5.77. The van der Waals surface area contributed by atoms with Gasteiger partial charge in [0.05, 0.1) is 17.1 Å². The van der Waals surface area contributed by atoms with Crippen LogP contribution in [0.15, 0.2) is 18.5 Å². The van der Waals surface area contributed by atoms with Crippen LogP contribution in [0.1, 0.15) is 5.56 Å². The van der Waals surface area contributed by atoms with Gasteiger partial charge in [0.25, 0.3) is 0 Å². The lowest BCUT2D eigenvalue weighted by molar-refractivity contribution is -0.605. The van der Waals surface area contributed by atoms with Crippen molar-refractivity contribution in [1.82, 2.24) is 4.90 Å². The van der Waals surface area contributed by atoms with Crippen LogP contribution < -0.4 is 4.73 Å². The number of rotatable bonds is 2. The van der Waals surface area contributed by atoms with E-state index in [0.29, 0.717) is 15.3 Å². The first-order valence-electron chi connectivity index (χ1n) is 3.82. The van der Waals surface area contributed by atoms with Crippen molar-refractivity contribution in [2.75, 3.05) is 7.05 Å². The maximum atomic E-state index is 10.9. The summed E-state index contributed by atoms with van der Waals surface area (Å²) in [7, 11) is 1.40. The van der Waals surface area contributed by atoms with Gasteiger partial charge in [-0.2, -0.15) is 4.73 Å². The first-order valence-corrected chi connectivity index (χ1v) is 4.19. The molecule has 76 valence electrons. The molecule has 1 heterocycles. The molecule has 0 aliphatic heterocycles. The van der Waals surface area contributed by atoms with Crippen molar-refractivity contribution in [3.8, 4) is 0 Å². The lowest BCUT2D eigenvalue weighted by atomic mass is 10.3. The van der Waals surface area contributed by atoms with Crippen molar-refractivity contribution in [3.05, 3.63) is 34.3 Å². The molecule has 0 bridgehead atoms. The van der Waals surface area contributed by atoms with E-state index in [1.165, 1.54) is 25.5 Å². The monoisotopic (exact) mass is 216 g/mol. The molecular formula is C8H9ClN2O3. The highest BCUT2D eigenvalue weighted by molar-refractivity contribution is 6.31. The molecule has 0 fully saturated rings. The van der Waals surface area contributed by atoms with Crippen molar-refractivity contribution < 1.29 is 14.6 Å². The highest BCUT2D eigenvalue weighted by Gasteiger charge is 2.11. The van der Waals surface area contributed by atoms with Gasteiger partial charge in [-0.3, -0.25) is 0 Å². The largest absolute Gasteiger partial charge is 0.619 e. The number of carbonyl (C=O) groups is 1. The second kappa shape index (κ2) is 4.15. The number of hydrogen-bond acceptors (Lipinski definition) is 2. The average Bonchev–Trinajstić information content (AvgIpc) is 2.11. The molecule has 1 aromatic rings. The highest BCUT2D eigenvalue weighted by Crippen LogP contribution is 2.14. The Labute approximate surface area is 85.7 Å². The minimum atomic E-state index is -1.07. The average molecular weight is 217 g/mol. The number of pyridine rings is 1. The molecular weight excluding hydrogens is 208 g/mol. The van der Waals surface area contributed by atoms with Gasteiger partial charge in [0, 0.05) is 13.1 Å². The topological polar surface area (TPSA) is 67.5 Å². The third-order valence-corrected chi connectivity index (χ3v) is 2.06. The zero-order valence-electron chi connectivity index (χ0n) is 7.48. The molecule has 0 atom stereocenters. The molecule has 1 N–H and O–H groups in total. The maximum absolute atomic E-state index is 10.9. The zero-order valence-corrected chi connectivity index (χ0v) is 8.23. The SMILES string of the molecule is CN(Cc1c[n+]([O-])ccc1Cl)C(=O)O. The van der Waals surface area contributed by atoms with Crippen LogP contribution >= 0.6 is 11.6 Å². The Morgan fingerprint density at radius 1 is 1.79 bits per heavy atom. The van der Waals surface area contributed by atoms with Crippen LogP contribution in [-0.2, 0) is 6.54 Å². The summed E-state index contributed by atoms with van der Waals surface area (Å²) in [5, 5.41) is 19.9. The van der Waals surface area contributed by atoms with E-state index in [1.807, 2.05) is 0 Å². The molecule has 1 rings (SSSR count). The molecule has 0 saturated carbocycles. The van der Waals surface area contributed by atoms with Gasteiger partial charge in [0.1, 0.15) is 0 Å². The summed E-state index contributed by atoms with van der Waals surface area (Å²) < 4.78 is 0.580. The van der Waals surface area contributed by atoms with Crippen LogP contribution in [0.25, 0.3) is 0 Å². The lowest BCUT2D eigenvalue weighted by Crippen LogP contribution is -2.29. The molecule has 0 aromatic carbocycles. The molecule has 6 heteroatoms. The number of nitrogens with zero attached hydrogens (tertiary/aromatic N) is 2. The molecule has 0 aliphatic carbocycles. The van der Waals surface area contributed by atoms with E-state index in [4.69, 9.17) is 16.7 Å². The van der Waals surface area contributed by atoms with Crippen molar-refractivity contribution >= 4 is 17.7 Å². The number of aromatic nitrogens is 1. The van der Waals surface area contributed by atoms with Crippen molar-refractivity contribution in [1.29, 1.82) is 0 Å². The second-order valence-electron chi connectivity index (χ2n) is 2.82. The summed E-state index contributed by atoms with van der Waals surface area (Å²) in [6, 6.07) is 1.43. The smallest absolute Gasteiger partial charge is 0.407 e. The molecule has 0 aliphatic rings. The van der Waals surface area contributed by atoms with Gasteiger partial charge in [-0.1, -0.05) is 11.6 Å². The fourth-order valence-electron chi connectivity index (χ4n) is 0.944. The molecule has 0 unspecified atom stereocenters. The van der Waals surface area contributed by atoms with Gasteiger partial charge in [0.15, 0.2) is 12.4 Å². The third-order valence-electron chi connectivity index (χ3n) is 1.69. The molecule has 0 spiro atoms. The predicted octanol–water partition coefficient (Wildman–Crippen LogP) is 1.08. The minimum absolute atomic E-state index is 0.0945. The van der Waals surface area contributed by atoms with Crippen LogP contribution in [0.5, 0.6) is 0 Å². The minimum Gasteiger partial charge on any atom is -0.619 e. The summed E-state index contributed by atoms with van der Waals surface area (Å²) in [6.45, 7) is 0.0945. The van der Waals surface area contributed by atoms with Crippen molar-refractivity contribution in [2.24, 2.45) is 0 Å². The standard InChI is InChI=1S/C8H9ClN2O3/c1-10(8(12)13)4-6-5-11(14)3-2-7(6)9/h2-3,5H,4H2,1H3,(H,12,13). The number of amides is 1. The molecule has 1 amide bonds. The van der Waals surface area contributed by atoms with Gasteiger partial charge in [-0.25, -0.2) is 4.79 Å². The van der Waals surface area contributed by atoms with Crippen LogP contribution in [0.3, 0.4) is 0 Å². The quantitative estimate of drug-likeness (QED) is 0.594. The van der Waals surface area contributed by atoms with E-state index in [-0.39, 0.29) is 6.54 Å². The lowest BCUT2D eigenvalue weighted by Gasteiger charge is -2.12. The fraction of sp³-hybridized carbons (Fsp3) is 0.250.